The second kappa shape index (κ2) is 6.59. The standard InChI is InChI=1S/C12H22N2O3/c1-4-8(5-2)11(15)14-9-6-10(13-7-9)12(16)17-3/h8-10,13H,4-7H2,1-3H3,(H,14,15)/t9-,10+/m1/s1. The first-order chi connectivity index (χ1) is 8.12. The first-order valence-corrected chi connectivity index (χ1v) is 6.23. The molecule has 1 saturated heterocycles. The maximum Gasteiger partial charge on any atom is 0.322 e. The van der Waals surface area contributed by atoms with Gasteiger partial charge < -0.3 is 15.4 Å². The molecule has 0 bridgehead atoms. The summed E-state index contributed by atoms with van der Waals surface area (Å²) in [6.07, 6.45) is 2.31. The molecule has 1 fully saturated rings. The molecule has 2 atom stereocenters. The fraction of sp³-hybridized carbons (Fsp3) is 0.833. The van der Waals surface area contributed by atoms with E-state index >= 15 is 0 Å². The molecule has 0 unspecified atom stereocenters. The fourth-order valence-corrected chi connectivity index (χ4v) is 2.15. The van der Waals surface area contributed by atoms with Gasteiger partial charge in [-0.05, 0) is 19.3 Å². The summed E-state index contributed by atoms with van der Waals surface area (Å²) in [6, 6.07) is -0.251. The van der Waals surface area contributed by atoms with Gasteiger partial charge in [-0.3, -0.25) is 9.59 Å². The highest BCUT2D eigenvalue weighted by molar-refractivity contribution is 5.80. The van der Waals surface area contributed by atoms with Crippen LogP contribution in [0.5, 0.6) is 0 Å². The fourth-order valence-electron chi connectivity index (χ4n) is 2.15. The molecule has 98 valence electrons. The number of methoxy groups -OCH3 is 1. The van der Waals surface area contributed by atoms with Crippen LogP contribution in [0.3, 0.4) is 0 Å². The third kappa shape index (κ3) is 3.70. The van der Waals surface area contributed by atoms with Crippen molar-refractivity contribution in [2.45, 2.75) is 45.2 Å². The molecule has 0 aromatic rings. The Bertz CT molecular complexity index is 277. The third-order valence-electron chi connectivity index (χ3n) is 3.32. The lowest BCUT2D eigenvalue weighted by molar-refractivity contribution is -0.142. The first kappa shape index (κ1) is 14.0. The topological polar surface area (TPSA) is 67.4 Å². The highest BCUT2D eigenvalue weighted by Gasteiger charge is 2.31. The summed E-state index contributed by atoms with van der Waals surface area (Å²) in [5.74, 6) is -0.0937. The van der Waals surface area contributed by atoms with Gasteiger partial charge in [0.1, 0.15) is 6.04 Å². The van der Waals surface area contributed by atoms with Crippen molar-refractivity contribution in [3.05, 3.63) is 0 Å². The molecular weight excluding hydrogens is 220 g/mol. The smallest absolute Gasteiger partial charge is 0.322 e. The molecule has 1 amide bonds. The molecule has 1 aliphatic rings. The number of hydrogen-bond acceptors (Lipinski definition) is 4. The van der Waals surface area contributed by atoms with Gasteiger partial charge in [-0.1, -0.05) is 13.8 Å². The first-order valence-electron chi connectivity index (χ1n) is 6.23. The maximum atomic E-state index is 11.9. The van der Waals surface area contributed by atoms with E-state index in [1.165, 1.54) is 7.11 Å². The minimum absolute atomic E-state index is 0.0344. The summed E-state index contributed by atoms with van der Waals surface area (Å²) in [7, 11) is 1.38. The summed E-state index contributed by atoms with van der Waals surface area (Å²) in [5, 5.41) is 6.03. The molecule has 0 aliphatic carbocycles. The third-order valence-corrected chi connectivity index (χ3v) is 3.32. The predicted molar refractivity (Wildman–Crippen MR) is 64.4 cm³/mol. The molecule has 0 radical (unpaired) electrons. The number of rotatable bonds is 5. The maximum absolute atomic E-state index is 11.9. The van der Waals surface area contributed by atoms with Crippen LogP contribution in [-0.4, -0.2) is 37.6 Å². The Hall–Kier alpha value is -1.10. The van der Waals surface area contributed by atoms with Crippen LogP contribution < -0.4 is 10.6 Å². The van der Waals surface area contributed by atoms with Crippen LogP contribution in [0, 0.1) is 5.92 Å². The van der Waals surface area contributed by atoms with Crippen molar-refractivity contribution in [2.75, 3.05) is 13.7 Å². The summed E-state index contributed by atoms with van der Waals surface area (Å²) in [5.41, 5.74) is 0. The van der Waals surface area contributed by atoms with Crippen LogP contribution in [0.1, 0.15) is 33.1 Å². The van der Waals surface area contributed by atoms with Crippen molar-refractivity contribution < 1.29 is 14.3 Å². The second-order valence-electron chi connectivity index (χ2n) is 4.44. The van der Waals surface area contributed by atoms with Crippen LogP contribution in [0.2, 0.25) is 0 Å². The van der Waals surface area contributed by atoms with E-state index in [9.17, 15) is 9.59 Å². The van der Waals surface area contributed by atoms with Gasteiger partial charge in [-0.15, -0.1) is 0 Å². The Morgan fingerprint density at radius 3 is 2.59 bits per heavy atom. The van der Waals surface area contributed by atoms with E-state index in [0.717, 1.165) is 12.8 Å². The molecule has 5 nitrogen and oxygen atoms in total. The largest absolute Gasteiger partial charge is 0.468 e. The Morgan fingerprint density at radius 1 is 1.41 bits per heavy atom. The average molecular weight is 242 g/mol. The Morgan fingerprint density at radius 2 is 2.06 bits per heavy atom. The summed E-state index contributed by atoms with van der Waals surface area (Å²) in [4.78, 5) is 23.1. The van der Waals surface area contributed by atoms with Gasteiger partial charge in [-0.25, -0.2) is 0 Å². The Labute approximate surface area is 102 Å². The van der Waals surface area contributed by atoms with E-state index in [0.29, 0.717) is 13.0 Å². The van der Waals surface area contributed by atoms with Crippen molar-refractivity contribution in [3.63, 3.8) is 0 Å². The summed E-state index contributed by atoms with van der Waals surface area (Å²) >= 11 is 0. The van der Waals surface area contributed by atoms with Crippen molar-refractivity contribution in [2.24, 2.45) is 5.92 Å². The lowest BCUT2D eigenvalue weighted by Gasteiger charge is -2.16. The van der Waals surface area contributed by atoms with Crippen LogP contribution >= 0.6 is 0 Å². The van der Waals surface area contributed by atoms with Gasteiger partial charge in [0.15, 0.2) is 0 Å². The molecule has 1 rings (SSSR count). The monoisotopic (exact) mass is 242 g/mol. The molecule has 17 heavy (non-hydrogen) atoms. The van der Waals surface area contributed by atoms with Crippen molar-refractivity contribution in [3.8, 4) is 0 Å². The molecular formula is C12H22N2O3. The second-order valence-corrected chi connectivity index (χ2v) is 4.44. The van der Waals surface area contributed by atoms with E-state index in [2.05, 4.69) is 15.4 Å². The zero-order chi connectivity index (χ0) is 12.8. The normalized spacial score (nSPS) is 23.8. The zero-order valence-corrected chi connectivity index (χ0v) is 10.8. The van der Waals surface area contributed by atoms with Gasteiger partial charge in [-0.2, -0.15) is 0 Å². The number of amides is 1. The van der Waals surface area contributed by atoms with Crippen LogP contribution in [0.4, 0.5) is 0 Å². The van der Waals surface area contributed by atoms with E-state index in [1.54, 1.807) is 0 Å². The van der Waals surface area contributed by atoms with Crippen molar-refractivity contribution >= 4 is 11.9 Å². The number of ether oxygens (including phenoxy) is 1. The molecule has 0 aromatic carbocycles. The predicted octanol–water partition coefficient (Wildman–Crippen LogP) is 0.442. The quantitative estimate of drug-likeness (QED) is 0.687. The SMILES string of the molecule is CCC(CC)C(=O)N[C@H]1CN[C@H](C(=O)OC)C1. The molecule has 1 aliphatic heterocycles. The molecule has 0 aromatic heterocycles. The molecule has 0 spiro atoms. The van der Waals surface area contributed by atoms with Crippen LogP contribution in [-0.2, 0) is 14.3 Å². The average Bonchev–Trinajstić information content (AvgIpc) is 2.78. The van der Waals surface area contributed by atoms with E-state index in [4.69, 9.17) is 0 Å². The molecule has 1 heterocycles. The van der Waals surface area contributed by atoms with Crippen LogP contribution in [0.15, 0.2) is 0 Å². The van der Waals surface area contributed by atoms with Gasteiger partial charge in [0.25, 0.3) is 0 Å². The lowest BCUT2D eigenvalue weighted by Crippen LogP contribution is -2.39. The minimum atomic E-state index is -0.285. The van der Waals surface area contributed by atoms with Gasteiger partial charge in [0.05, 0.1) is 7.11 Å². The molecule has 0 saturated carbocycles. The summed E-state index contributed by atoms with van der Waals surface area (Å²) < 4.78 is 4.66. The van der Waals surface area contributed by atoms with Crippen LogP contribution in [0.25, 0.3) is 0 Å². The summed E-state index contributed by atoms with van der Waals surface area (Å²) in [6.45, 7) is 4.65. The Kier molecular flexibility index (Phi) is 5.41. The number of esters is 1. The number of nitrogens with one attached hydrogen (secondary N) is 2. The minimum Gasteiger partial charge on any atom is -0.468 e. The Balaban J connectivity index is 2.39. The van der Waals surface area contributed by atoms with Crippen molar-refractivity contribution in [1.82, 2.24) is 10.6 Å². The van der Waals surface area contributed by atoms with Gasteiger partial charge in [0.2, 0.25) is 5.91 Å². The van der Waals surface area contributed by atoms with Gasteiger partial charge in [0, 0.05) is 18.5 Å². The highest BCUT2D eigenvalue weighted by Crippen LogP contribution is 2.12. The number of hydrogen-bond donors (Lipinski definition) is 2. The molecule has 5 heteroatoms. The van der Waals surface area contributed by atoms with Gasteiger partial charge >= 0.3 is 5.97 Å². The van der Waals surface area contributed by atoms with Crippen molar-refractivity contribution in [1.29, 1.82) is 0 Å². The highest BCUT2D eigenvalue weighted by atomic mass is 16.5. The lowest BCUT2D eigenvalue weighted by atomic mass is 10.0. The molecule has 2 N–H and O–H groups in total. The van der Waals surface area contributed by atoms with E-state index < -0.39 is 0 Å². The zero-order valence-electron chi connectivity index (χ0n) is 10.8. The van der Waals surface area contributed by atoms with E-state index in [1.807, 2.05) is 13.8 Å². The van der Waals surface area contributed by atoms with E-state index in [-0.39, 0.29) is 29.9 Å². The number of carbonyl (C=O) groups is 2. The number of carbonyl (C=O) groups excluding carboxylic acids is 2.